The summed E-state index contributed by atoms with van der Waals surface area (Å²) in [6.45, 7) is 0. The van der Waals surface area contributed by atoms with Gasteiger partial charge in [0, 0.05) is 11.3 Å². The van der Waals surface area contributed by atoms with Crippen molar-refractivity contribution in [2.75, 3.05) is 6.26 Å². The molecule has 22 heavy (non-hydrogen) atoms. The molecule has 11 heteroatoms. The fourth-order valence-corrected chi connectivity index (χ4v) is 2.32. The van der Waals surface area contributed by atoms with E-state index in [1.807, 2.05) is 0 Å². The normalized spacial score (nSPS) is 13.0. The molecule has 0 bridgehead atoms. The first-order valence-corrected chi connectivity index (χ1v) is 7.88. The molecule has 0 radical (unpaired) electrons. The van der Waals surface area contributed by atoms with E-state index >= 15 is 0 Å². The summed E-state index contributed by atoms with van der Waals surface area (Å²) in [7, 11) is -4.04. The second-order valence-electron chi connectivity index (χ2n) is 4.19. The number of aromatic nitrogens is 3. The number of rotatable bonds is 3. The second-order valence-corrected chi connectivity index (χ2v) is 6.53. The van der Waals surface area contributed by atoms with Gasteiger partial charge in [-0.15, -0.1) is 10.2 Å². The van der Waals surface area contributed by atoms with Crippen LogP contribution in [0.25, 0.3) is 0 Å². The third-order valence-corrected chi connectivity index (χ3v) is 3.52. The summed E-state index contributed by atoms with van der Waals surface area (Å²) in [6, 6.07) is 6.12. The Morgan fingerprint density at radius 1 is 1.32 bits per heavy atom. The van der Waals surface area contributed by atoms with Gasteiger partial charge in [-0.2, -0.15) is 22.9 Å². The maximum Gasteiger partial charge on any atom is 0.453 e. The van der Waals surface area contributed by atoms with Crippen LogP contribution in [-0.2, 0) is 16.0 Å². The first kappa shape index (κ1) is 16.4. The van der Waals surface area contributed by atoms with Crippen LogP contribution in [0.15, 0.2) is 34.5 Å². The highest BCUT2D eigenvalue weighted by Gasteiger charge is 2.40. The molecular weight excluding hydrogens is 345 g/mol. The zero-order valence-corrected chi connectivity index (χ0v) is 12.5. The molecular formula is C11H8ClF3N4O2S. The topological polar surface area (TPSA) is 77.2 Å². The molecule has 2 aromatic rings. The van der Waals surface area contributed by atoms with Crippen LogP contribution < -0.4 is 0 Å². The Balaban J connectivity index is 2.55. The molecule has 1 aromatic heterocycles. The molecule has 0 atom stereocenters. The first-order chi connectivity index (χ1) is 10.1. The minimum absolute atomic E-state index is 0.135. The minimum Gasteiger partial charge on any atom is -0.221 e. The summed E-state index contributed by atoms with van der Waals surface area (Å²) in [4.78, 5) is 0. The second kappa shape index (κ2) is 5.69. The number of nitrogens with zero attached hydrogens (tertiary/aromatic N) is 4. The molecule has 1 heterocycles. The van der Waals surface area contributed by atoms with Gasteiger partial charge in [-0.1, -0.05) is 23.7 Å². The van der Waals surface area contributed by atoms with Crippen molar-refractivity contribution in [2.45, 2.75) is 11.3 Å². The molecule has 0 aliphatic rings. The third-order valence-electron chi connectivity index (χ3n) is 2.37. The number of hydrogen-bond acceptors (Lipinski definition) is 5. The molecule has 0 amide bonds. The minimum atomic E-state index is -4.90. The highest BCUT2D eigenvalue weighted by Crippen LogP contribution is 2.29. The smallest absolute Gasteiger partial charge is 0.221 e. The fourth-order valence-electron chi connectivity index (χ4n) is 1.49. The van der Waals surface area contributed by atoms with Crippen molar-refractivity contribution in [1.29, 1.82) is 0 Å². The van der Waals surface area contributed by atoms with Crippen LogP contribution in [0.5, 0.6) is 0 Å². The van der Waals surface area contributed by atoms with Crippen LogP contribution >= 0.6 is 11.6 Å². The van der Waals surface area contributed by atoms with Gasteiger partial charge in [0.1, 0.15) is 0 Å². The summed E-state index contributed by atoms with van der Waals surface area (Å²) in [5.41, 5.74) is 0.383. The molecule has 0 saturated carbocycles. The summed E-state index contributed by atoms with van der Waals surface area (Å²) < 4.78 is 61.6. The highest BCUT2D eigenvalue weighted by molar-refractivity contribution is 7.90. The largest absolute Gasteiger partial charge is 0.453 e. The van der Waals surface area contributed by atoms with Gasteiger partial charge in [-0.05, 0) is 17.7 Å². The molecule has 0 spiro atoms. The van der Waals surface area contributed by atoms with E-state index in [0.29, 0.717) is 16.8 Å². The molecule has 0 fully saturated rings. The molecule has 0 aliphatic heterocycles. The maximum absolute atomic E-state index is 12.8. The number of halogens is 4. The van der Waals surface area contributed by atoms with E-state index < -0.39 is 27.0 Å². The molecule has 118 valence electrons. The monoisotopic (exact) mass is 352 g/mol. The summed E-state index contributed by atoms with van der Waals surface area (Å²) >= 11 is 5.74. The van der Waals surface area contributed by atoms with Crippen LogP contribution in [-0.4, -0.2) is 35.8 Å². The molecule has 2 rings (SSSR count). The van der Waals surface area contributed by atoms with Crippen LogP contribution in [0.1, 0.15) is 11.4 Å². The predicted octanol–water partition coefficient (Wildman–Crippen LogP) is 2.24. The van der Waals surface area contributed by atoms with Gasteiger partial charge in [0.25, 0.3) is 11.0 Å². The van der Waals surface area contributed by atoms with Crippen molar-refractivity contribution in [3.63, 3.8) is 0 Å². The summed E-state index contributed by atoms with van der Waals surface area (Å²) in [5, 5.41) is 8.87. The average Bonchev–Trinajstić information content (AvgIpc) is 2.80. The molecule has 0 N–H and O–H groups in total. The van der Waals surface area contributed by atoms with E-state index in [4.69, 9.17) is 11.6 Å². The van der Waals surface area contributed by atoms with E-state index in [1.54, 1.807) is 12.1 Å². The van der Waals surface area contributed by atoms with E-state index in [0.717, 1.165) is 6.21 Å². The lowest BCUT2D eigenvalue weighted by Crippen LogP contribution is -2.15. The molecule has 0 saturated heterocycles. The van der Waals surface area contributed by atoms with Crippen LogP contribution in [0.3, 0.4) is 0 Å². The van der Waals surface area contributed by atoms with Crippen molar-refractivity contribution in [2.24, 2.45) is 5.10 Å². The van der Waals surface area contributed by atoms with Gasteiger partial charge in [0.05, 0.1) is 6.21 Å². The number of hydrogen-bond donors (Lipinski definition) is 0. The highest BCUT2D eigenvalue weighted by atomic mass is 35.5. The zero-order chi connectivity index (χ0) is 16.5. The van der Waals surface area contributed by atoms with E-state index in [-0.39, 0.29) is 4.68 Å². The number of benzene rings is 1. The molecule has 1 aromatic carbocycles. The standard InChI is InChI=1S/C11H8ClF3N4O2S/c1-22(20,21)10-18-17-9(11(13,14)15)19(10)16-6-7-3-2-4-8(12)5-7/h2-6H,1H3/b16-6+. The van der Waals surface area contributed by atoms with Crippen LogP contribution in [0.2, 0.25) is 5.02 Å². The van der Waals surface area contributed by atoms with Crippen molar-refractivity contribution in [1.82, 2.24) is 14.9 Å². The molecule has 6 nitrogen and oxygen atoms in total. The van der Waals surface area contributed by atoms with Gasteiger partial charge in [-0.25, -0.2) is 8.42 Å². The lowest BCUT2D eigenvalue weighted by molar-refractivity contribution is -0.147. The first-order valence-electron chi connectivity index (χ1n) is 5.61. The van der Waals surface area contributed by atoms with Crippen molar-refractivity contribution < 1.29 is 21.6 Å². The van der Waals surface area contributed by atoms with Gasteiger partial charge < -0.3 is 0 Å². The Morgan fingerprint density at radius 3 is 2.55 bits per heavy atom. The van der Waals surface area contributed by atoms with E-state index in [9.17, 15) is 21.6 Å². The Hall–Kier alpha value is -1.94. The van der Waals surface area contributed by atoms with Gasteiger partial charge >= 0.3 is 6.18 Å². The van der Waals surface area contributed by atoms with Crippen molar-refractivity contribution in [3.05, 3.63) is 40.7 Å². The molecule has 0 aliphatic carbocycles. The van der Waals surface area contributed by atoms with Crippen molar-refractivity contribution in [3.8, 4) is 0 Å². The van der Waals surface area contributed by atoms with Crippen molar-refractivity contribution >= 4 is 27.7 Å². The third kappa shape index (κ3) is 3.63. The van der Waals surface area contributed by atoms with Crippen LogP contribution in [0.4, 0.5) is 13.2 Å². The predicted molar refractivity (Wildman–Crippen MR) is 72.6 cm³/mol. The Labute approximate surface area is 128 Å². The Bertz CT molecular complexity index is 830. The summed E-state index contributed by atoms with van der Waals surface area (Å²) in [6.07, 6.45) is -3.16. The van der Waals surface area contributed by atoms with Gasteiger partial charge in [0.2, 0.25) is 9.84 Å². The SMILES string of the molecule is CS(=O)(=O)c1nnc(C(F)(F)F)n1/N=C/c1cccc(Cl)c1. The fraction of sp³-hybridized carbons (Fsp3) is 0.182. The number of alkyl halides is 3. The average molecular weight is 353 g/mol. The van der Waals surface area contributed by atoms with E-state index in [2.05, 4.69) is 15.3 Å². The van der Waals surface area contributed by atoms with Crippen LogP contribution in [0, 0.1) is 0 Å². The number of sulfone groups is 1. The Morgan fingerprint density at radius 2 is 2.00 bits per heavy atom. The lowest BCUT2D eigenvalue weighted by atomic mass is 10.2. The zero-order valence-electron chi connectivity index (χ0n) is 10.9. The maximum atomic E-state index is 12.8. The Kier molecular flexibility index (Phi) is 4.25. The van der Waals surface area contributed by atoms with Gasteiger partial charge in [0.15, 0.2) is 0 Å². The quantitative estimate of drug-likeness (QED) is 0.794. The molecule has 0 unspecified atom stereocenters. The van der Waals surface area contributed by atoms with E-state index in [1.165, 1.54) is 12.1 Å². The lowest BCUT2D eigenvalue weighted by Gasteiger charge is -2.06. The van der Waals surface area contributed by atoms with Gasteiger partial charge in [-0.3, -0.25) is 0 Å². The summed E-state index contributed by atoms with van der Waals surface area (Å²) in [5.74, 6) is -1.54.